The summed E-state index contributed by atoms with van der Waals surface area (Å²) in [6.45, 7) is 3.68. The Bertz CT molecular complexity index is 935. The second kappa shape index (κ2) is 10.8. The highest BCUT2D eigenvalue weighted by Gasteiger charge is 2.26. The zero-order valence-corrected chi connectivity index (χ0v) is 19.3. The van der Waals surface area contributed by atoms with Gasteiger partial charge in [0.05, 0.1) is 0 Å². The molecule has 1 aromatic heterocycles. The van der Waals surface area contributed by atoms with E-state index in [1.807, 2.05) is 28.0 Å². The number of aryl methyl sites for hydroxylation is 1. The lowest BCUT2D eigenvalue weighted by molar-refractivity contribution is -0.141. The van der Waals surface area contributed by atoms with Gasteiger partial charge in [-0.15, -0.1) is 11.3 Å². The smallest absolute Gasteiger partial charge is 0.223 e. The molecular formula is C25H31N3O3S. The molecule has 1 fully saturated rings. The summed E-state index contributed by atoms with van der Waals surface area (Å²) in [6, 6.07) is 12.3. The predicted molar refractivity (Wildman–Crippen MR) is 125 cm³/mol. The number of hydrogen-bond donors (Lipinski definition) is 0. The van der Waals surface area contributed by atoms with Crippen molar-refractivity contribution in [3.63, 3.8) is 0 Å². The third-order valence-electron chi connectivity index (χ3n) is 6.40. The van der Waals surface area contributed by atoms with E-state index in [1.54, 1.807) is 16.2 Å². The Labute approximate surface area is 193 Å². The van der Waals surface area contributed by atoms with Gasteiger partial charge in [-0.1, -0.05) is 30.3 Å². The van der Waals surface area contributed by atoms with Crippen LogP contribution >= 0.6 is 11.3 Å². The van der Waals surface area contributed by atoms with Crippen LogP contribution in [0.1, 0.15) is 41.7 Å². The van der Waals surface area contributed by atoms with Crippen LogP contribution in [0, 0.1) is 0 Å². The molecule has 0 saturated carbocycles. The minimum absolute atomic E-state index is 0.0164. The van der Waals surface area contributed by atoms with Gasteiger partial charge in [0.25, 0.3) is 0 Å². The zero-order valence-electron chi connectivity index (χ0n) is 18.5. The van der Waals surface area contributed by atoms with Crippen LogP contribution in [0.25, 0.3) is 0 Å². The standard InChI is InChI=1S/C25H31N3O3S/c29-23(8-4-7-20-5-2-1-3-6-20)26-14-16-27(17-15-26)24(30)9-10-25(31)28-13-11-22-21(19-28)12-18-32-22/h1-3,5-6,12,18H,4,7-11,13-17,19H2. The van der Waals surface area contributed by atoms with Crippen LogP contribution in [-0.4, -0.2) is 65.1 Å². The fourth-order valence-corrected chi connectivity index (χ4v) is 5.33. The molecule has 2 aromatic rings. The Morgan fingerprint density at radius 2 is 1.38 bits per heavy atom. The van der Waals surface area contributed by atoms with E-state index in [0.717, 1.165) is 25.8 Å². The summed E-state index contributed by atoms with van der Waals surface area (Å²) in [5.74, 6) is 0.242. The average Bonchev–Trinajstić information content (AvgIpc) is 3.31. The number of amides is 3. The van der Waals surface area contributed by atoms with E-state index in [9.17, 15) is 14.4 Å². The first-order valence-corrected chi connectivity index (χ1v) is 12.4. The third-order valence-corrected chi connectivity index (χ3v) is 7.42. The van der Waals surface area contributed by atoms with E-state index in [-0.39, 0.29) is 30.6 Å². The molecule has 0 atom stereocenters. The molecule has 3 amide bonds. The second-order valence-electron chi connectivity index (χ2n) is 8.54. The monoisotopic (exact) mass is 453 g/mol. The highest BCUT2D eigenvalue weighted by atomic mass is 32.1. The summed E-state index contributed by atoms with van der Waals surface area (Å²) in [5, 5.41) is 2.08. The van der Waals surface area contributed by atoms with Crippen LogP contribution in [-0.2, 0) is 33.8 Å². The first-order chi connectivity index (χ1) is 15.6. The molecule has 0 aliphatic carbocycles. The summed E-state index contributed by atoms with van der Waals surface area (Å²) >= 11 is 1.75. The van der Waals surface area contributed by atoms with Crippen molar-refractivity contribution in [2.24, 2.45) is 0 Å². The molecule has 3 heterocycles. The number of carbonyl (C=O) groups is 3. The number of rotatable bonds is 7. The molecule has 0 radical (unpaired) electrons. The van der Waals surface area contributed by atoms with Crippen molar-refractivity contribution in [1.29, 1.82) is 0 Å². The maximum atomic E-state index is 12.6. The van der Waals surface area contributed by atoms with Gasteiger partial charge < -0.3 is 14.7 Å². The minimum atomic E-state index is 0.0164. The van der Waals surface area contributed by atoms with Crippen molar-refractivity contribution < 1.29 is 14.4 Å². The molecule has 0 unspecified atom stereocenters. The Hall–Kier alpha value is -2.67. The normalized spacial score (nSPS) is 16.1. The van der Waals surface area contributed by atoms with Gasteiger partial charge in [0.1, 0.15) is 0 Å². The fraction of sp³-hybridized carbons (Fsp3) is 0.480. The van der Waals surface area contributed by atoms with Gasteiger partial charge >= 0.3 is 0 Å². The summed E-state index contributed by atoms with van der Waals surface area (Å²) in [6.07, 6.45) is 3.71. The average molecular weight is 454 g/mol. The van der Waals surface area contributed by atoms with Gasteiger partial charge in [-0.25, -0.2) is 0 Å². The first-order valence-electron chi connectivity index (χ1n) is 11.5. The maximum Gasteiger partial charge on any atom is 0.223 e. The summed E-state index contributed by atoms with van der Waals surface area (Å²) < 4.78 is 0. The number of carbonyl (C=O) groups excluding carboxylic acids is 3. The van der Waals surface area contributed by atoms with E-state index in [4.69, 9.17) is 0 Å². The zero-order chi connectivity index (χ0) is 22.3. The topological polar surface area (TPSA) is 60.9 Å². The van der Waals surface area contributed by atoms with Crippen molar-refractivity contribution in [2.45, 2.75) is 45.1 Å². The van der Waals surface area contributed by atoms with Crippen LogP contribution in [0.15, 0.2) is 41.8 Å². The molecule has 2 aliphatic heterocycles. The molecule has 0 spiro atoms. The second-order valence-corrected chi connectivity index (χ2v) is 9.54. The number of hydrogen-bond acceptors (Lipinski definition) is 4. The van der Waals surface area contributed by atoms with Crippen LogP contribution < -0.4 is 0 Å². The summed E-state index contributed by atoms with van der Waals surface area (Å²) in [4.78, 5) is 44.6. The van der Waals surface area contributed by atoms with E-state index >= 15 is 0 Å². The molecule has 0 bridgehead atoms. The number of nitrogens with zero attached hydrogens (tertiary/aromatic N) is 3. The number of piperazine rings is 1. The van der Waals surface area contributed by atoms with E-state index < -0.39 is 0 Å². The van der Waals surface area contributed by atoms with E-state index in [2.05, 4.69) is 23.6 Å². The van der Waals surface area contributed by atoms with E-state index in [0.29, 0.717) is 39.1 Å². The lowest BCUT2D eigenvalue weighted by Crippen LogP contribution is -2.50. The maximum absolute atomic E-state index is 12.6. The first kappa shape index (κ1) is 22.5. The molecule has 2 aliphatic rings. The van der Waals surface area contributed by atoms with Crippen LogP contribution in [0.5, 0.6) is 0 Å². The Morgan fingerprint density at radius 3 is 2.06 bits per heavy atom. The number of fused-ring (bicyclic) bond motifs is 1. The summed E-state index contributed by atoms with van der Waals surface area (Å²) in [5.41, 5.74) is 2.50. The molecule has 1 saturated heterocycles. The quantitative estimate of drug-likeness (QED) is 0.647. The third kappa shape index (κ3) is 5.76. The molecule has 0 N–H and O–H groups in total. The van der Waals surface area contributed by atoms with Gasteiger partial charge in [-0.2, -0.15) is 0 Å². The lowest BCUT2D eigenvalue weighted by Gasteiger charge is -2.35. The lowest BCUT2D eigenvalue weighted by atomic mass is 10.1. The van der Waals surface area contributed by atoms with Gasteiger partial charge in [-0.3, -0.25) is 14.4 Å². The van der Waals surface area contributed by atoms with Crippen LogP contribution in [0.2, 0.25) is 0 Å². The molecule has 1 aromatic carbocycles. The Morgan fingerprint density at radius 1 is 0.750 bits per heavy atom. The predicted octanol–water partition coefficient (Wildman–Crippen LogP) is 3.11. The van der Waals surface area contributed by atoms with E-state index in [1.165, 1.54) is 16.0 Å². The number of thiophene rings is 1. The van der Waals surface area contributed by atoms with Crippen molar-refractivity contribution in [1.82, 2.24) is 14.7 Å². The minimum Gasteiger partial charge on any atom is -0.339 e. The fourth-order valence-electron chi connectivity index (χ4n) is 4.44. The Balaban J connectivity index is 1.14. The van der Waals surface area contributed by atoms with Crippen LogP contribution in [0.3, 0.4) is 0 Å². The molecule has 6 nitrogen and oxygen atoms in total. The van der Waals surface area contributed by atoms with Gasteiger partial charge in [-0.05, 0) is 41.8 Å². The highest BCUT2D eigenvalue weighted by molar-refractivity contribution is 7.10. The van der Waals surface area contributed by atoms with Crippen molar-refractivity contribution in [3.05, 3.63) is 57.8 Å². The number of benzene rings is 1. The molecule has 170 valence electrons. The largest absolute Gasteiger partial charge is 0.339 e. The van der Waals surface area contributed by atoms with Gasteiger partial charge in [0, 0.05) is 63.4 Å². The molecule has 32 heavy (non-hydrogen) atoms. The van der Waals surface area contributed by atoms with Crippen LogP contribution in [0.4, 0.5) is 0 Å². The molecule has 4 rings (SSSR count). The molecular weight excluding hydrogens is 422 g/mol. The van der Waals surface area contributed by atoms with Crippen molar-refractivity contribution in [3.8, 4) is 0 Å². The van der Waals surface area contributed by atoms with Gasteiger partial charge in [0.15, 0.2) is 0 Å². The molecule has 7 heteroatoms. The van der Waals surface area contributed by atoms with Crippen molar-refractivity contribution >= 4 is 29.1 Å². The van der Waals surface area contributed by atoms with Crippen molar-refractivity contribution in [2.75, 3.05) is 32.7 Å². The summed E-state index contributed by atoms with van der Waals surface area (Å²) in [7, 11) is 0. The van der Waals surface area contributed by atoms with Gasteiger partial charge in [0.2, 0.25) is 17.7 Å². The Kier molecular flexibility index (Phi) is 7.58. The highest BCUT2D eigenvalue weighted by Crippen LogP contribution is 2.24. The SMILES string of the molecule is O=C(CCCc1ccccc1)N1CCN(C(=O)CCC(=O)N2CCc3sccc3C2)CC1.